The van der Waals surface area contributed by atoms with Crippen molar-refractivity contribution >= 4 is 11.9 Å². The Kier molecular flexibility index (Phi) is 7.15. The number of esters is 1. The summed E-state index contributed by atoms with van der Waals surface area (Å²) in [4.78, 5) is 28.0. The predicted molar refractivity (Wildman–Crippen MR) is 114 cm³/mol. The van der Waals surface area contributed by atoms with Crippen molar-refractivity contribution in [1.29, 1.82) is 0 Å². The molecule has 0 N–H and O–H groups in total. The standard InChI is InChI=1S/C24H28FNO5/c1-4-31-23(28)24(15-17-6-9-19(25)10-7-17)12-5-13-26(16-24)22(27)18-8-11-20(29-2)21(14-18)30-3/h6-11,14H,4-5,12-13,15-16H2,1-3H3/t24-/m1/s1. The number of piperidine rings is 1. The van der Waals surface area contributed by atoms with Crippen LogP contribution in [0.1, 0.15) is 35.7 Å². The monoisotopic (exact) mass is 429 g/mol. The van der Waals surface area contributed by atoms with E-state index in [1.165, 1.54) is 26.4 Å². The molecule has 1 heterocycles. The van der Waals surface area contributed by atoms with Crippen LogP contribution in [0.5, 0.6) is 11.5 Å². The molecule has 0 unspecified atom stereocenters. The van der Waals surface area contributed by atoms with Crippen molar-refractivity contribution in [2.45, 2.75) is 26.2 Å². The SMILES string of the molecule is CCOC(=O)[C@@]1(Cc2ccc(F)cc2)CCCN(C(=O)c2ccc(OC)c(OC)c2)C1. The minimum Gasteiger partial charge on any atom is -0.493 e. The summed E-state index contributed by atoms with van der Waals surface area (Å²) in [6.45, 7) is 2.79. The molecular formula is C24H28FNO5. The molecule has 0 saturated carbocycles. The molecule has 1 fully saturated rings. The van der Waals surface area contributed by atoms with Gasteiger partial charge in [-0.05, 0) is 62.1 Å². The van der Waals surface area contributed by atoms with E-state index in [0.29, 0.717) is 42.9 Å². The molecule has 0 bridgehead atoms. The van der Waals surface area contributed by atoms with Crippen LogP contribution in [0, 0.1) is 11.2 Å². The van der Waals surface area contributed by atoms with E-state index in [-0.39, 0.29) is 30.8 Å². The number of rotatable bonds is 7. The minimum absolute atomic E-state index is 0.187. The van der Waals surface area contributed by atoms with Crippen LogP contribution in [-0.2, 0) is 16.0 Å². The van der Waals surface area contributed by atoms with Crippen LogP contribution in [-0.4, -0.2) is 50.7 Å². The van der Waals surface area contributed by atoms with Crippen molar-refractivity contribution in [2.75, 3.05) is 33.9 Å². The first kappa shape index (κ1) is 22.6. The molecule has 2 aromatic rings. The molecule has 1 aliphatic rings. The maximum atomic E-state index is 13.3. The summed E-state index contributed by atoms with van der Waals surface area (Å²) in [5.41, 5.74) is 0.409. The smallest absolute Gasteiger partial charge is 0.314 e. The third kappa shape index (κ3) is 4.98. The average molecular weight is 429 g/mol. The Morgan fingerprint density at radius 1 is 1.06 bits per heavy atom. The fourth-order valence-electron chi connectivity index (χ4n) is 4.12. The summed E-state index contributed by atoms with van der Waals surface area (Å²) in [7, 11) is 3.05. The number of hydrogen-bond donors (Lipinski definition) is 0. The predicted octanol–water partition coefficient (Wildman–Crippen LogP) is 3.87. The lowest BCUT2D eigenvalue weighted by molar-refractivity contribution is -0.158. The Balaban J connectivity index is 1.88. The number of benzene rings is 2. The van der Waals surface area contributed by atoms with E-state index in [1.54, 1.807) is 42.2 Å². The lowest BCUT2D eigenvalue weighted by Crippen LogP contribution is -2.51. The number of carbonyl (C=O) groups is 2. The number of carbonyl (C=O) groups excluding carboxylic acids is 2. The highest BCUT2D eigenvalue weighted by Gasteiger charge is 2.45. The van der Waals surface area contributed by atoms with Gasteiger partial charge in [-0.1, -0.05) is 12.1 Å². The van der Waals surface area contributed by atoms with Crippen LogP contribution in [0.2, 0.25) is 0 Å². The van der Waals surface area contributed by atoms with Crippen molar-refractivity contribution in [3.05, 3.63) is 59.4 Å². The average Bonchev–Trinajstić information content (AvgIpc) is 2.80. The van der Waals surface area contributed by atoms with Crippen molar-refractivity contribution in [3.63, 3.8) is 0 Å². The highest BCUT2D eigenvalue weighted by molar-refractivity contribution is 5.95. The highest BCUT2D eigenvalue weighted by atomic mass is 19.1. The molecule has 1 saturated heterocycles. The van der Waals surface area contributed by atoms with Gasteiger partial charge in [0.15, 0.2) is 11.5 Å². The topological polar surface area (TPSA) is 65.1 Å². The molecule has 7 heteroatoms. The zero-order chi connectivity index (χ0) is 22.4. The molecule has 1 amide bonds. The fourth-order valence-corrected chi connectivity index (χ4v) is 4.12. The summed E-state index contributed by atoms with van der Waals surface area (Å²) in [5, 5.41) is 0. The van der Waals surface area contributed by atoms with E-state index < -0.39 is 5.41 Å². The Hall–Kier alpha value is -3.09. The van der Waals surface area contributed by atoms with Crippen molar-refractivity contribution in [2.24, 2.45) is 5.41 Å². The molecule has 1 aliphatic heterocycles. The Morgan fingerprint density at radius 3 is 2.42 bits per heavy atom. The second-order valence-corrected chi connectivity index (χ2v) is 7.70. The van der Waals surface area contributed by atoms with Gasteiger partial charge in [0.05, 0.1) is 26.2 Å². The summed E-state index contributed by atoms with van der Waals surface area (Å²) >= 11 is 0. The third-order valence-electron chi connectivity index (χ3n) is 5.66. The molecule has 3 rings (SSSR count). The van der Waals surface area contributed by atoms with Crippen LogP contribution in [0.15, 0.2) is 42.5 Å². The molecule has 0 spiro atoms. The van der Waals surface area contributed by atoms with Crippen LogP contribution in [0.25, 0.3) is 0 Å². The van der Waals surface area contributed by atoms with Gasteiger partial charge in [-0.2, -0.15) is 0 Å². The van der Waals surface area contributed by atoms with Gasteiger partial charge in [0, 0.05) is 18.7 Å². The van der Waals surface area contributed by atoms with Crippen LogP contribution in [0.3, 0.4) is 0 Å². The molecule has 0 radical (unpaired) electrons. The first-order valence-electron chi connectivity index (χ1n) is 10.4. The lowest BCUT2D eigenvalue weighted by Gasteiger charge is -2.41. The first-order valence-corrected chi connectivity index (χ1v) is 10.4. The number of likely N-dealkylation sites (tertiary alicyclic amines) is 1. The molecule has 31 heavy (non-hydrogen) atoms. The Morgan fingerprint density at radius 2 is 1.77 bits per heavy atom. The summed E-state index contributed by atoms with van der Waals surface area (Å²) in [6, 6.07) is 11.1. The number of amides is 1. The quantitative estimate of drug-likeness (QED) is 0.625. The van der Waals surface area contributed by atoms with Gasteiger partial charge in [-0.15, -0.1) is 0 Å². The summed E-state index contributed by atoms with van der Waals surface area (Å²) < 4.78 is 29.3. The number of methoxy groups -OCH3 is 2. The van der Waals surface area contributed by atoms with Crippen molar-refractivity contribution in [3.8, 4) is 11.5 Å². The Labute approximate surface area is 181 Å². The minimum atomic E-state index is -0.877. The van der Waals surface area contributed by atoms with Gasteiger partial charge >= 0.3 is 5.97 Å². The van der Waals surface area contributed by atoms with Crippen LogP contribution >= 0.6 is 0 Å². The van der Waals surface area contributed by atoms with Gasteiger partial charge in [0.1, 0.15) is 5.82 Å². The van der Waals surface area contributed by atoms with Crippen molar-refractivity contribution in [1.82, 2.24) is 4.90 Å². The van der Waals surface area contributed by atoms with Gasteiger partial charge in [-0.25, -0.2) is 4.39 Å². The maximum Gasteiger partial charge on any atom is 0.314 e. The number of hydrogen-bond acceptors (Lipinski definition) is 5. The largest absolute Gasteiger partial charge is 0.493 e. The summed E-state index contributed by atoms with van der Waals surface area (Å²) in [6.07, 6.45) is 1.64. The number of ether oxygens (including phenoxy) is 3. The normalized spacial score (nSPS) is 18.4. The Bertz CT molecular complexity index is 930. The molecule has 0 aromatic heterocycles. The number of nitrogens with zero attached hydrogens (tertiary/aromatic N) is 1. The van der Waals surface area contributed by atoms with E-state index in [0.717, 1.165) is 5.56 Å². The van der Waals surface area contributed by atoms with E-state index in [1.807, 2.05) is 0 Å². The lowest BCUT2D eigenvalue weighted by atomic mass is 9.75. The highest BCUT2D eigenvalue weighted by Crippen LogP contribution is 2.36. The summed E-state index contributed by atoms with van der Waals surface area (Å²) in [5.74, 6) is 0.156. The fraction of sp³-hybridized carbons (Fsp3) is 0.417. The first-order chi connectivity index (χ1) is 14.9. The molecule has 0 aliphatic carbocycles. The zero-order valence-electron chi connectivity index (χ0n) is 18.2. The van der Waals surface area contributed by atoms with Gasteiger partial charge in [0.25, 0.3) is 5.91 Å². The van der Waals surface area contributed by atoms with Crippen LogP contribution < -0.4 is 9.47 Å². The molecule has 2 aromatic carbocycles. The van der Waals surface area contributed by atoms with E-state index >= 15 is 0 Å². The maximum absolute atomic E-state index is 13.3. The van der Waals surface area contributed by atoms with Crippen LogP contribution in [0.4, 0.5) is 4.39 Å². The van der Waals surface area contributed by atoms with E-state index in [9.17, 15) is 14.0 Å². The molecule has 6 nitrogen and oxygen atoms in total. The zero-order valence-corrected chi connectivity index (χ0v) is 18.2. The second-order valence-electron chi connectivity index (χ2n) is 7.70. The van der Waals surface area contributed by atoms with Gasteiger partial charge < -0.3 is 19.1 Å². The van der Waals surface area contributed by atoms with Gasteiger partial charge in [0.2, 0.25) is 0 Å². The molecular weight excluding hydrogens is 401 g/mol. The molecule has 166 valence electrons. The van der Waals surface area contributed by atoms with Crippen molar-refractivity contribution < 1.29 is 28.2 Å². The van der Waals surface area contributed by atoms with E-state index in [2.05, 4.69) is 0 Å². The third-order valence-corrected chi connectivity index (χ3v) is 5.66. The number of halogens is 1. The van der Waals surface area contributed by atoms with Gasteiger partial charge in [-0.3, -0.25) is 9.59 Å². The second kappa shape index (κ2) is 9.81. The molecule has 1 atom stereocenters. The van der Waals surface area contributed by atoms with E-state index in [4.69, 9.17) is 14.2 Å².